The van der Waals surface area contributed by atoms with Gasteiger partial charge >= 0.3 is 6.03 Å². The number of amides is 2. The Balaban J connectivity index is 1.55. The fraction of sp³-hybridized carbons (Fsp3) is 0.455. The summed E-state index contributed by atoms with van der Waals surface area (Å²) in [7, 11) is 0. The Morgan fingerprint density at radius 2 is 1.89 bits per heavy atom. The average Bonchev–Trinajstić information content (AvgIpc) is 2.95. The highest BCUT2D eigenvalue weighted by Crippen LogP contribution is 2.19. The first-order valence-electron chi connectivity index (χ1n) is 9.99. The molecule has 0 aliphatic carbocycles. The third-order valence-corrected chi connectivity index (χ3v) is 5.06. The van der Waals surface area contributed by atoms with E-state index in [1.165, 1.54) is 5.56 Å². The number of aromatic nitrogens is 1. The number of benzene rings is 1. The van der Waals surface area contributed by atoms with Crippen molar-refractivity contribution in [2.24, 2.45) is 0 Å². The monoisotopic (exact) mass is 366 g/mol. The van der Waals surface area contributed by atoms with Crippen molar-refractivity contribution in [3.8, 4) is 0 Å². The topological polar surface area (TPSA) is 48.5 Å². The first-order valence-corrected chi connectivity index (χ1v) is 9.99. The van der Waals surface area contributed by atoms with Crippen LogP contribution in [0.3, 0.4) is 0 Å². The molecule has 2 heterocycles. The number of nitrogens with one attached hydrogen (secondary N) is 1. The molecule has 1 unspecified atom stereocenters. The molecule has 27 heavy (non-hydrogen) atoms. The van der Waals surface area contributed by atoms with E-state index in [-0.39, 0.29) is 12.1 Å². The molecule has 1 aliphatic rings. The van der Waals surface area contributed by atoms with Crippen LogP contribution in [0.2, 0.25) is 0 Å². The van der Waals surface area contributed by atoms with Gasteiger partial charge in [0.25, 0.3) is 0 Å². The summed E-state index contributed by atoms with van der Waals surface area (Å²) in [6.45, 7) is 6.44. The van der Waals surface area contributed by atoms with Crippen LogP contribution in [0.4, 0.5) is 4.79 Å². The summed E-state index contributed by atoms with van der Waals surface area (Å²) < 4.78 is 0. The molecule has 0 spiro atoms. The molecule has 2 aromatic rings. The number of carbonyl (C=O) groups is 1. The number of pyridine rings is 1. The van der Waals surface area contributed by atoms with Crippen LogP contribution < -0.4 is 5.32 Å². The summed E-state index contributed by atoms with van der Waals surface area (Å²) in [5.74, 6) is 0. The molecule has 1 atom stereocenters. The molecule has 144 valence electrons. The van der Waals surface area contributed by atoms with Crippen molar-refractivity contribution >= 4 is 6.03 Å². The summed E-state index contributed by atoms with van der Waals surface area (Å²) in [6, 6.07) is 16.4. The van der Waals surface area contributed by atoms with E-state index >= 15 is 0 Å². The van der Waals surface area contributed by atoms with E-state index in [1.807, 2.05) is 41.4 Å². The van der Waals surface area contributed by atoms with Crippen molar-refractivity contribution in [3.63, 3.8) is 0 Å². The van der Waals surface area contributed by atoms with Gasteiger partial charge in [-0.2, -0.15) is 0 Å². The molecule has 1 aromatic heterocycles. The van der Waals surface area contributed by atoms with Gasteiger partial charge in [-0.25, -0.2) is 4.79 Å². The molecule has 1 aliphatic heterocycles. The van der Waals surface area contributed by atoms with Gasteiger partial charge in [-0.05, 0) is 30.5 Å². The van der Waals surface area contributed by atoms with Gasteiger partial charge in [-0.1, -0.05) is 49.7 Å². The Hall–Kier alpha value is -2.40. The molecule has 1 aromatic carbocycles. The van der Waals surface area contributed by atoms with Gasteiger partial charge in [0.15, 0.2) is 0 Å². The van der Waals surface area contributed by atoms with Crippen molar-refractivity contribution < 1.29 is 4.79 Å². The first-order chi connectivity index (χ1) is 13.3. The Bertz CT molecular complexity index is 692. The summed E-state index contributed by atoms with van der Waals surface area (Å²) in [6.07, 6.45) is 4.82. The molecule has 5 nitrogen and oxygen atoms in total. The van der Waals surface area contributed by atoms with Crippen LogP contribution in [-0.4, -0.2) is 47.0 Å². The lowest BCUT2D eigenvalue weighted by atomic mass is 10.0. The lowest BCUT2D eigenvalue weighted by Gasteiger charge is -2.26. The maximum Gasteiger partial charge on any atom is 0.317 e. The van der Waals surface area contributed by atoms with Gasteiger partial charge < -0.3 is 10.2 Å². The Labute approximate surface area is 162 Å². The number of carbonyl (C=O) groups excluding carboxylic acids is 1. The molecule has 5 heteroatoms. The zero-order chi connectivity index (χ0) is 18.9. The summed E-state index contributed by atoms with van der Waals surface area (Å²) in [4.78, 5) is 21.6. The van der Waals surface area contributed by atoms with E-state index in [1.54, 1.807) is 0 Å². The molecule has 0 radical (unpaired) electrons. The summed E-state index contributed by atoms with van der Waals surface area (Å²) in [5.41, 5.74) is 2.27. The molecule has 0 bridgehead atoms. The smallest absolute Gasteiger partial charge is 0.317 e. The molecule has 1 fully saturated rings. The molecule has 3 rings (SSSR count). The Kier molecular flexibility index (Phi) is 7.22. The fourth-order valence-electron chi connectivity index (χ4n) is 3.59. The van der Waals surface area contributed by atoms with E-state index < -0.39 is 0 Å². The van der Waals surface area contributed by atoms with Crippen LogP contribution in [0.25, 0.3) is 0 Å². The maximum atomic E-state index is 12.9. The van der Waals surface area contributed by atoms with Gasteiger partial charge in [0.1, 0.15) is 0 Å². The van der Waals surface area contributed by atoms with Crippen LogP contribution in [0.5, 0.6) is 0 Å². The highest BCUT2D eigenvalue weighted by Gasteiger charge is 2.22. The van der Waals surface area contributed by atoms with Gasteiger partial charge in [0, 0.05) is 38.9 Å². The highest BCUT2D eigenvalue weighted by atomic mass is 16.2. The van der Waals surface area contributed by atoms with E-state index in [0.717, 1.165) is 57.7 Å². The molecule has 1 saturated heterocycles. The van der Waals surface area contributed by atoms with Crippen molar-refractivity contribution in [2.45, 2.75) is 38.8 Å². The minimum atomic E-state index is 0.0528. The lowest BCUT2D eigenvalue weighted by Crippen LogP contribution is -2.43. The summed E-state index contributed by atoms with van der Waals surface area (Å²) >= 11 is 0. The predicted octanol–water partition coefficient (Wildman–Crippen LogP) is 3.84. The first kappa shape index (κ1) is 19.4. The molecular formula is C22H30N4O. The predicted molar refractivity (Wildman–Crippen MR) is 108 cm³/mol. The second-order valence-corrected chi connectivity index (χ2v) is 7.14. The number of hydrogen-bond donors (Lipinski definition) is 1. The maximum absolute atomic E-state index is 12.9. The summed E-state index contributed by atoms with van der Waals surface area (Å²) in [5, 5.41) is 3.25. The molecule has 1 N–H and O–H groups in total. The van der Waals surface area contributed by atoms with Crippen molar-refractivity contribution in [2.75, 3.05) is 26.2 Å². The zero-order valence-corrected chi connectivity index (χ0v) is 16.2. The van der Waals surface area contributed by atoms with Crippen molar-refractivity contribution in [1.82, 2.24) is 20.1 Å². The molecular weight excluding hydrogens is 336 g/mol. The van der Waals surface area contributed by atoms with Crippen molar-refractivity contribution in [3.05, 3.63) is 66.0 Å². The van der Waals surface area contributed by atoms with E-state index in [4.69, 9.17) is 0 Å². The SMILES string of the molecule is CCCC(NC(=O)N1CCCN(Cc2ccccn2)CC1)c1ccccc1. The number of rotatable bonds is 6. The van der Waals surface area contributed by atoms with Crippen LogP contribution in [0, 0.1) is 0 Å². The molecule has 0 saturated carbocycles. The number of hydrogen-bond acceptors (Lipinski definition) is 3. The Morgan fingerprint density at radius 3 is 2.63 bits per heavy atom. The van der Waals surface area contributed by atoms with Crippen LogP contribution >= 0.6 is 0 Å². The standard InChI is InChI=1S/C22H30N4O/c1-2-9-21(19-10-4-3-5-11-19)24-22(27)26-15-8-14-25(16-17-26)18-20-12-6-7-13-23-20/h3-7,10-13,21H,2,8-9,14-18H2,1H3,(H,24,27). The van der Waals surface area contributed by atoms with Gasteiger partial charge in [0.05, 0.1) is 11.7 Å². The van der Waals surface area contributed by atoms with Crippen LogP contribution in [-0.2, 0) is 6.54 Å². The van der Waals surface area contributed by atoms with E-state index in [2.05, 4.69) is 40.3 Å². The lowest BCUT2D eigenvalue weighted by molar-refractivity contribution is 0.193. The van der Waals surface area contributed by atoms with Gasteiger partial charge in [-0.3, -0.25) is 9.88 Å². The van der Waals surface area contributed by atoms with Gasteiger partial charge in [0.2, 0.25) is 0 Å². The minimum Gasteiger partial charge on any atom is -0.331 e. The third kappa shape index (κ3) is 5.79. The highest BCUT2D eigenvalue weighted by molar-refractivity contribution is 5.74. The second kappa shape index (κ2) is 10.1. The zero-order valence-electron chi connectivity index (χ0n) is 16.2. The van der Waals surface area contributed by atoms with Crippen LogP contribution in [0.1, 0.15) is 43.5 Å². The number of urea groups is 1. The third-order valence-electron chi connectivity index (χ3n) is 5.06. The second-order valence-electron chi connectivity index (χ2n) is 7.14. The van der Waals surface area contributed by atoms with Crippen molar-refractivity contribution in [1.29, 1.82) is 0 Å². The fourth-order valence-corrected chi connectivity index (χ4v) is 3.59. The normalized spacial score (nSPS) is 16.6. The Morgan fingerprint density at radius 1 is 1.07 bits per heavy atom. The quantitative estimate of drug-likeness (QED) is 0.845. The largest absolute Gasteiger partial charge is 0.331 e. The minimum absolute atomic E-state index is 0.0528. The van der Waals surface area contributed by atoms with Crippen LogP contribution in [0.15, 0.2) is 54.7 Å². The average molecular weight is 367 g/mol. The van der Waals surface area contributed by atoms with E-state index in [9.17, 15) is 4.79 Å². The van der Waals surface area contributed by atoms with E-state index in [0.29, 0.717) is 0 Å². The number of nitrogens with zero attached hydrogens (tertiary/aromatic N) is 3. The molecule has 2 amide bonds. The van der Waals surface area contributed by atoms with Gasteiger partial charge in [-0.15, -0.1) is 0 Å².